The number of rotatable bonds is 2. The minimum absolute atomic E-state index is 0.156. The first kappa shape index (κ1) is 10.2. The summed E-state index contributed by atoms with van der Waals surface area (Å²) in [5.74, 6) is -1.44. The molecule has 0 aromatic carbocycles. The fraction of sp³-hybridized carbons (Fsp3) is 0.200. The van der Waals surface area contributed by atoms with E-state index in [1.54, 1.807) is 6.08 Å². The molecule has 0 amide bonds. The Bertz CT molecular complexity index is 347. The Hall–Kier alpha value is -1.84. The molecule has 74 valence electrons. The zero-order chi connectivity index (χ0) is 10.6. The summed E-state index contributed by atoms with van der Waals surface area (Å²) in [6, 6.07) is 0. The van der Waals surface area contributed by atoms with Crippen molar-refractivity contribution in [3.8, 4) is 0 Å². The van der Waals surface area contributed by atoms with Crippen LogP contribution in [0, 0.1) is 0 Å². The van der Waals surface area contributed by atoms with Gasteiger partial charge in [0.1, 0.15) is 0 Å². The van der Waals surface area contributed by atoms with E-state index in [4.69, 9.17) is 5.11 Å². The molecule has 1 N–H and O–H groups in total. The van der Waals surface area contributed by atoms with E-state index < -0.39 is 11.9 Å². The fourth-order valence-electron chi connectivity index (χ4n) is 1.05. The molecule has 0 unspecified atom stereocenters. The van der Waals surface area contributed by atoms with Gasteiger partial charge in [-0.25, -0.2) is 9.59 Å². The van der Waals surface area contributed by atoms with Crippen LogP contribution in [0.25, 0.3) is 0 Å². The van der Waals surface area contributed by atoms with Gasteiger partial charge in [-0.3, -0.25) is 0 Å². The van der Waals surface area contributed by atoms with Crippen LogP contribution < -0.4 is 0 Å². The molecule has 0 bridgehead atoms. The number of ether oxygens (including phenoxy) is 1. The highest BCUT2D eigenvalue weighted by Gasteiger charge is 2.10. The molecule has 1 aliphatic rings. The Morgan fingerprint density at radius 3 is 2.71 bits per heavy atom. The van der Waals surface area contributed by atoms with Crippen LogP contribution in [-0.2, 0) is 14.3 Å². The summed E-state index contributed by atoms with van der Waals surface area (Å²) in [4.78, 5) is 21.7. The van der Waals surface area contributed by atoms with E-state index >= 15 is 0 Å². The lowest BCUT2D eigenvalue weighted by molar-refractivity contribution is -0.136. The number of hydrogen-bond donors (Lipinski definition) is 1. The number of hydrogen-bond acceptors (Lipinski definition) is 3. The fourth-order valence-corrected chi connectivity index (χ4v) is 1.05. The normalized spacial score (nSPS) is 15.2. The van der Waals surface area contributed by atoms with Gasteiger partial charge in [0.05, 0.1) is 12.7 Å². The average Bonchev–Trinajstić information content (AvgIpc) is 2.41. The lowest BCUT2D eigenvalue weighted by Crippen LogP contribution is -2.03. The van der Waals surface area contributed by atoms with Gasteiger partial charge in [0.2, 0.25) is 0 Å². The summed E-state index contributed by atoms with van der Waals surface area (Å²) in [7, 11) is 1.29. The molecule has 0 saturated carbocycles. The third-order valence-corrected chi connectivity index (χ3v) is 1.79. The van der Waals surface area contributed by atoms with E-state index in [9.17, 15) is 9.59 Å². The monoisotopic (exact) mass is 194 g/mol. The molecule has 14 heavy (non-hydrogen) atoms. The topological polar surface area (TPSA) is 63.6 Å². The molecule has 0 aromatic rings. The predicted molar refractivity (Wildman–Crippen MR) is 49.6 cm³/mol. The van der Waals surface area contributed by atoms with Crippen molar-refractivity contribution in [1.29, 1.82) is 0 Å². The third kappa shape index (κ3) is 2.32. The molecule has 4 nitrogen and oxygen atoms in total. The van der Waals surface area contributed by atoms with Crippen molar-refractivity contribution in [3.63, 3.8) is 0 Å². The smallest absolute Gasteiger partial charge is 0.335 e. The van der Waals surface area contributed by atoms with E-state index in [2.05, 4.69) is 4.74 Å². The van der Waals surface area contributed by atoms with Crippen molar-refractivity contribution in [3.05, 3.63) is 35.5 Å². The van der Waals surface area contributed by atoms with Gasteiger partial charge in [0, 0.05) is 5.57 Å². The number of carbonyl (C=O) groups is 2. The first-order chi connectivity index (χ1) is 6.65. The highest BCUT2D eigenvalue weighted by atomic mass is 16.5. The SMILES string of the molecule is COC(=O)C1=CC=C(C(=O)O)C=CC1. The number of methoxy groups -OCH3 is 1. The minimum Gasteiger partial charge on any atom is -0.478 e. The first-order valence-corrected chi connectivity index (χ1v) is 4.04. The van der Waals surface area contributed by atoms with Gasteiger partial charge in [-0.2, -0.15) is 0 Å². The molecule has 0 spiro atoms. The van der Waals surface area contributed by atoms with Gasteiger partial charge in [0.25, 0.3) is 0 Å². The largest absolute Gasteiger partial charge is 0.478 e. The number of carboxylic acids is 1. The number of aliphatic carboxylic acids is 1. The molecule has 1 rings (SSSR count). The summed E-state index contributed by atoms with van der Waals surface area (Å²) >= 11 is 0. The Kier molecular flexibility index (Phi) is 3.23. The Morgan fingerprint density at radius 1 is 1.43 bits per heavy atom. The Balaban J connectivity index is 2.91. The van der Waals surface area contributed by atoms with Crippen molar-refractivity contribution < 1.29 is 19.4 Å². The molecule has 0 radical (unpaired) electrons. The van der Waals surface area contributed by atoms with Crippen LogP contribution >= 0.6 is 0 Å². The highest BCUT2D eigenvalue weighted by molar-refractivity contribution is 5.93. The molecule has 0 aromatic heterocycles. The standard InChI is InChI=1S/C10H10O4/c1-14-10(13)8-4-2-3-7(5-6-8)9(11)12/h2-3,5-6H,4H2,1H3,(H,11,12). The maximum atomic E-state index is 11.1. The van der Waals surface area contributed by atoms with Crippen molar-refractivity contribution >= 4 is 11.9 Å². The summed E-state index contributed by atoms with van der Waals surface area (Å²) in [6.45, 7) is 0. The van der Waals surface area contributed by atoms with Crippen molar-refractivity contribution in [2.75, 3.05) is 7.11 Å². The van der Waals surface area contributed by atoms with Crippen molar-refractivity contribution in [2.45, 2.75) is 6.42 Å². The molecular formula is C10H10O4. The zero-order valence-corrected chi connectivity index (χ0v) is 7.69. The van der Waals surface area contributed by atoms with Crippen LogP contribution in [0.15, 0.2) is 35.5 Å². The Labute approximate surface area is 81.2 Å². The van der Waals surface area contributed by atoms with Gasteiger partial charge in [0.15, 0.2) is 0 Å². The molecule has 0 atom stereocenters. The van der Waals surface area contributed by atoms with Gasteiger partial charge < -0.3 is 9.84 Å². The molecule has 0 saturated heterocycles. The maximum Gasteiger partial charge on any atom is 0.335 e. The second-order valence-corrected chi connectivity index (χ2v) is 2.72. The van der Waals surface area contributed by atoms with Gasteiger partial charge in [-0.05, 0) is 12.5 Å². The molecular weight excluding hydrogens is 184 g/mol. The average molecular weight is 194 g/mol. The maximum absolute atomic E-state index is 11.1. The summed E-state index contributed by atoms with van der Waals surface area (Å²) in [5.41, 5.74) is 0.601. The summed E-state index contributed by atoms with van der Waals surface area (Å²) in [6.07, 6.45) is 6.33. The zero-order valence-electron chi connectivity index (χ0n) is 7.69. The molecule has 0 fully saturated rings. The quantitative estimate of drug-likeness (QED) is 0.667. The minimum atomic E-state index is -1.01. The van der Waals surface area contributed by atoms with Gasteiger partial charge >= 0.3 is 11.9 Å². The summed E-state index contributed by atoms with van der Waals surface area (Å²) in [5, 5.41) is 8.68. The summed E-state index contributed by atoms with van der Waals surface area (Å²) < 4.78 is 4.52. The van der Waals surface area contributed by atoms with Crippen LogP contribution in [-0.4, -0.2) is 24.2 Å². The van der Waals surface area contributed by atoms with Gasteiger partial charge in [-0.15, -0.1) is 0 Å². The highest BCUT2D eigenvalue weighted by Crippen LogP contribution is 2.12. The van der Waals surface area contributed by atoms with E-state index in [0.29, 0.717) is 12.0 Å². The second kappa shape index (κ2) is 4.41. The number of carbonyl (C=O) groups excluding carboxylic acids is 1. The van der Waals surface area contributed by atoms with Crippen molar-refractivity contribution in [1.82, 2.24) is 0 Å². The molecule has 1 aliphatic carbocycles. The number of carboxylic acid groups (broad SMARTS) is 1. The van der Waals surface area contributed by atoms with E-state index in [-0.39, 0.29) is 5.57 Å². The van der Waals surface area contributed by atoms with Crippen molar-refractivity contribution in [2.24, 2.45) is 0 Å². The van der Waals surface area contributed by atoms with Gasteiger partial charge in [-0.1, -0.05) is 18.2 Å². The third-order valence-electron chi connectivity index (χ3n) is 1.79. The second-order valence-electron chi connectivity index (χ2n) is 2.72. The van der Waals surface area contributed by atoms with Crippen LogP contribution in [0.5, 0.6) is 0 Å². The number of esters is 1. The Morgan fingerprint density at radius 2 is 2.14 bits per heavy atom. The van der Waals surface area contributed by atoms with E-state index in [0.717, 1.165) is 0 Å². The molecule has 0 aliphatic heterocycles. The van der Waals surface area contributed by atoms with Crippen LogP contribution in [0.1, 0.15) is 6.42 Å². The molecule has 4 heteroatoms. The lowest BCUT2D eigenvalue weighted by Gasteiger charge is -1.98. The van der Waals surface area contributed by atoms with Crippen LogP contribution in [0.4, 0.5) is 0 Å². The van der Waals surface area contributed by atoms with Crippen LogP contribution in [0.3, 0.4) is 0 Å². The van der Waals surface area contributed by atoms with E-state index in [1.165, 1.54) is 25.3 Å². The predicted octanol–water partition coefficient (Wildman–Crippen LogP) is 1.06. The van der Waals surface area contributed by atoms with Crippen LogP contribution in [0.2, 0.25) is 0 Å². The molecule has 0 heterocycles. The van der Waals surface area contributed by atoms with E-state index in [1.807, 2.05) is 0 Å². The number of allylic oxidation sites excluding steroid dienone is 3. The first-order valence-electron chi connectivity index (χ1n) is 4.04. The lowest BCUT2D eigenvalue weighted by atomic mass is 10.2.